The number of rotatable bonds is 5. The molecular weight excluding hydrogens is 253 g/mol. The predicted molar refractivity (Wildman–Crippen MR) is 74.7 cm³/mol. The fraction of sp³-hybridized carbons (Fsp3) is 0.588. The van der Waals surface area contributed by atoms with E-state index in [9.17, 15) is 9.18 Å². The van der Waals surface area contributed by atoms with Crippen molar-refractivity contribution >= 4 is 5.91 Å². The van der Waals surface area contributed by atoms with E-state index in [-0.39, 0.29) is 11.7 Å². The summed E-state index contributed by atoms with van der Waals surface area (Å²) < 4.78 is 13.4. The Bertz CT molecular complexity index is 532. The van der Waals surface area contributed by atoms with Crippen molar-refractivity contribution in [3.63, 3.8) is 0 Å². The average molecular weight is 273 g/mol. The Kier molecular flexibility index (Phi) is 2.66. The first-order valence-corrected chi connectivity index (χ1v) is 7.76. The van der Waals surface area contributed by atoms with Gasteiger partial charge in [-0.15, -0.1) is 0 Å². The number of carbonyl (C=O) groups excluding carboxylic acids is 1. The molecule has 0 atom stereocenters. The molecule has 3 fully saturated rings. The van der Waals surface area contributed by atoms with Crippen molar-refractivity contribution in [3.05, 3.63) is 35.6 Å². The minimum Gasteiger partial charge on any atom is -0.352 e. The predicted octanol–water partition coefficient (Wildman–Crippen LogP) is 3.16. The summed E-state index contributed by atoms with van der Waals surface area (Å²) in [7, 11) is 0. The van der Waals surface area contributed by atoms with Gasteiger partial charge in [-0.1, -0.05) is 12.1 Å². The fourth-order valence-corrected chi connectivity index (χ4v) is 3.38. The number of amides is 1. The summed E-state index contributed by atoms with van der Waals surface area (Å²) in [5.74, 6) is 1.29. The first-order valence-electron chi connectivity index (χ1n) is 7.76. The van der Waals surface area contributed by atoms with Gasteiger partial charge in [0.15, 0.2) is 0 Å². The minimum atomic E-state index is -0.440. The van der Waals surface area contributed by atoms with Crippen LogP contribution in [0.5, 0.6) is 0 Å². The van der Waals surface area contributed by atoms with Crippen molar-refractivity contribution in [3.8, 4) is 0 Å². The number of carbonyl (C=O) groups is 1. The summed E-state index contributed by atoms with van der Waals surface area (Å²) in [4.78, 5) is 12.7. The molecule has 1 amide bonds. The summed E-state index contributed by atoms with van der Waals surface area (Å²) in [6.07, 6.45) is 6.74. The van der Waals surface area contributed by atoms with Crippen LogP contribution < -0.4 is 5.32 Å². The Labute approximate surface area is 118 Å². The van der Waals surface area contributed by atoms with Gasteiger partial charge >= 0.3 is 0 Å². The zero-order valence-corrected chi connectivity index (χ0v) is 11.6. The van der Waals surface area contributed by atoms with Crippen LogP contribution in [0.25, 0.3) is 0 Å². The van der Waals surface area contributed by atoms with Crippen LogP contribution in [0.15, 0.2) is 24.3 Å². The molecule has 3 aliphatic carbocycles. The highest BCUT2D eigenvalue weighted by atomic mass is 19.1. The van der Waals surface area contributed by atoms with E-state index in [0.717, 1.165) is 18.4 Å². The molecule has 0 heterocycles. The SMILES string of the molecule is O=C(NC(C1CC1)C1CC1)C1(c2cccc(F)c2)CC1. The molecular formula is C17H20FNO. The Hall–Kier alpha value is -1.38. The second-order valence-corrected chi connectivity index (χ2v) is 6.77. The van der Waals surface area contributed by atoms with Gasteiger partial charge in [0.2, 0.25) is 5.91 Å². The average Bonchev–Trinajstić information content (AvgIpc) is 3.27. The Morgan fingerprint density at radius 3 is 2.35 bits per heavy atom. The van der Waals surface area contributed by atoms with E-state index < -0.39 is 5.41 Å². The number of hydrogen-bond donors (Lipinski definition) is 1. The maximum Gasteiger partial charge on any atom is 0.230 e. The Morgan fingerprint density at radius 1 is 1.20 bits per heavy atom. The largest absolute Gasteiger partial charge is 0.352 e. The zero-order valence-electron chi connectivity index (χ0n) is 11.6. The molecule has 0 saturated heterocycles. The third-order valence-electron chi connectivity index (χ3n) is 5.12. The van der Waals surface area contributed by atoms with Crippen LogP contribution in [0.1, 0.15) is 44.1 Å². The molecule has 0 bridgehead atoms. The molecule has 3 aliphatic rings. The van der Waals surface area contributed by atoms with Crippen LogP contribution in [-0.2, 0) is 10.2 Å². The first-order chi connectivity index (χ1) is 9.69. The van der Waals surface area contributed by atoms with Gasteiger partial charge in [-0.2, -0.15) is 0 Å². The van der Waals surface area contributed by atoms with Crippen LogP contribution in [-0.4, -0.2) is 11.9 Å². The van der Waals surface area contributed by atoms with E-state index in [0.29, 0.717) is 17.9 Å². The lowest BCUT2D eigenvalue weighted by atomic mass is 9.93. The van der Waals surface area contributed by atoms with E-state index in [1.165, 1.54) is 37.8 Å². The van der Waals surface area contributed by atoms with Crippen LogP contribution in [0.2, 0.25) is 0 Å². The molecule has 0 unspecified atom stereocenters. The fourth-order valence-electron chi connectivity index (χ4n) is 3.38. The van der Waals surface area contributed by atoms with Crippen LogP contribution in [0.3, 0.4) is 0 Å². The molecule has 3 heteroatoms. The number of nitrogens with one attached hydrogen (secondary N) is 1. The normalized spacial score (nSPS) is 23.7. The van der Waals surface area contributed by atoms with E-state index in [1.807, 2.05) is 6.07 Å². The molecule has 2 nitrogen and oxygen atoms in total. The van der Waals surface area contributed by atoms with Crippen molar-refractivity contribution in [2.45, 2.75) is 50.0 Å². The highest BCUT2D eigenvalue weighted by Crippen LogP contribution is 2.50. The maximum atomic E-state index is 13.4. The summed E-state index contributed by atoms with van der Waals surface area (Å²) in [5.41, 5.74) is 0.407. The monoisotopic (exact) mass is 273 g/mol. The molecule has 20 heavy (non-hydrogen) atoms. The lowest BCUT2D eigenvalue weighted by molar-refractivity contribution is -0.124. The number of hydrogen-bond acceptors (Lipinski definition) is 1. The van der Waals surface area contributed by atoms with Gasteiger partial charge < -0.3 is 5.32 Å². The molecule has 1 aromatic rings. The van der Waals surface area contributed by atoms with Crippen molar-refractivity contribution in [2.75, 3.05) is 0 Å². The van der Waals surface area contributed by atoms with E-state index in [4.69, 9.17) is 0 Å². The summed E-state index contributed by atoms with van der Waals surface area (Å²) in [5, 5.41) is 3.30. The molecule has 0 radical (unpaired) electrons. The van der Waals surface area contributed by atoms with Crippen molar-refractivity contribution < 1.29 is 9.18 Å². The van der Waals surface area contributed by atoms with Crippen LogP contribution >= 0.6 is 0 Å². The zero-order chi connectivity index (χ0) is 13.7. The Balaban J connectivity index is 1.52. The number of halogens is 1. The third-order valence-corrected chi connectivity index (χ3v) is 5.12. The Morgan fingerprint density at radius 2 is 1.85 bits per heavy atom. The summed E-state index contributed by atoms with van der Waals surface area (Å²) in [6.45, 7) is 0. The molecule has 1 N–H and O–H groups in total. The van der Waals surface area contributed by atoms with Gasteiger partial charge in [0, 0.05) is 6.04 Å². The van der Waals surface area contributed by atoms with Gasteiger partial charge in [-0.25, -0.2) is 4.39 Å². The number of benzene rings is 1. The second-order valence-electron chi connectivity index (χ2n) is 6.77. The standard InChI is InChI=1S/C17H20FNO/c18-14-3-1-2-13(10-14)17(8-9-17)16(20)19-15(11-4-5-11)12-6-7-12/h1-3,10-12,15H,4-9H2,(H,19,20). The van der Waals surface area contributed by atoms with Crippen LogP contribution in [0.4, 0.5) is 4.39 Å². The maximum absolute atomic E-state index is 13.4. The molecule has 3 saturated carbocycles. The molecule has 0 spiro atoms. The smallest absolute Gasteiger partial charge is 0.230 e. The van der Waals surface area contributed by atoms with Crippen LogP contribution in [0, 0.1) is 17.7 Å². The van der Waals surface area contributed by atoms with E-state index in [1.54, 1.807) is 6.07 Å². The van der Waals surface area contributed by atoms with Gasteiger partial charge in [0.25, 0.3) is 0 Å². The van der Waals surface area contributed by atoms with E-state index >= 15 is 0 Å². The summed E-state index contributed by atoms with van der Waals surface area (Å²) in [6, 6.07) is 6.94. The van der Waals surface area contributed by atoms with Gasteiger partial charge in [-0.05, 0) is 68.1 Å². The molecule has 1 aromatic carbocycles. The highest BCUT2D eigenvalue weighted by molar-refractivity contribution is 5.91. The van der Waals surface area contributed by atoms with Crippen molar-refractivity contribution in [1.82, 2.24) is 5.32 Å². The van der Waals surface area contributed by atoms with E-state index in [2.05, 4.69) is 5.32 Å². The molecule has 4 rings (SSSR count). The van der Waals surface area contributed by atoms with Crippen molar-refractivity contribution in [2.24, 2.45) is 11.8 Å². The third kappa shape index (κ3) is 2.13. The van der Waals surface area contributed by atoms with Gasteiger partial charge in [0.1, 0.15) is 5.82 Å². The van der Waals surface area contributed by atoms with Crippen molar-refractivity contribution in [1.29, 1.82) is 0 Å². The lowest BCUT2D eigenvalue weighted by Crippen LogP contribution is -2.43. The highest BCUT2D eigenvalue weighted by Gasteiger charge is 2.53. The van der Waals surface area contributed by atoms with Gasteiger partial charge in [-0.3, -0.25) is 4.79 Å². The lowest BCUT2D eigenvalue weighted by Gasteiger charge is -2.22. The minimum absolute atomic E-state index is 0.131. The summed E-state index contributed by atoms with van der Waals surface area (Å²) >= 11 is 0. The quantitative estimate of drug-likeness (QED) is 0.877. The molecule has 0 aliphatic heterocycles. The van der Waals surface area contributed by atoms with Gasteiger partial charge in [0.05, 0.1) is 5.41 Å². The molecule has 106 valence electrons. The second kappa shape index (κ2) is 4.31. The molecule has 0 aromatic heterocycles. The first kappa shape index (κ1) is 12.4. The topological polar surface area (TPSA) is 29.1 Å².